The topological polar surface area (TPSA) is 24.1 Å². The van der Waals surface area contributed by atoms with Crippen molar-refractivity contribution in [1.29, 1.82) is 0 Å². The highest BCUT2D eigenvalue weighted by Crippen LogP contribution is 2.33. The van der Waals surface area contributed by atoms with Crippen LogP contribution in [0.4, 0.5) is 17.6 Å². The maximum absolute atomic E-state index is 13.6. The number of nitrogens with one attached hydrogen (secondary N) is 2. The largest absolute Gasteiger partial charge is 0.416 e. The maximum atomic E-state index is 13.6. The van der Waals surface area contributed by atoms with Crippen LogP contribution in [0.5, 0.6) is 0 Å². The smallest absolute Gasteiger partial charge is 0.254 e. The molecule has 0 unspecified atom stereocenters. The third-order valence-electron chi connectivity index (χ3n) is 2.62. The summed E-state index contributed by atoms with van der Waals surface area (Å²) in [6.07, 6.45) is -2.42. The monoisotopic (exact) mass is 326 g/mol. The Morgan fingerprint density at radius 3 is 2.44 bits per heavy atom. The second kappa shape index (κ2) is 5.14. The van der Waals surface area contributed by atoms with E-state index in [0.29, 0.717) is 12.1 Å². The van der Waals surface area contributed by atoms with Crippen molar-refractivity contribution in [2.45, 2.75) is 31.6 Å². The molecular formula is C11H11BrF4N2. The first-order valence-electron chi connectivity index (χ1n) is 5.41. The summed E-state index contributed by atoms with van der Waals surface area (Å²) in [6.45, 7) is 0.126. The van der Waals surface area contributed by atoms with Gasteiger partial charge in [-0.25, -0.2) is 4.39 Å². The lowest BCUT2D eigenvalue weighted by atomic mass is 10.1. The van der Waals surface area contributed by atoms with Gasteiger partial charge >= 0.3 is 6.18 Å². The van der Waals surface area contributed by atoms with Gasteiger partial charge in [0.1, 0.15) is 5.82 Å². The van der Waals surface area contributed by atoms with Crippen LogP contribution >= 0.6 is 15.9 Å². The van der Waals surface area contributed by atoms with Crippen molar-refractivity contribution in [3.8, 4) is 0 Å². The van der Waals surface area contributed by atoms with Crippen molar-refractivity contribution < 1.29 is 17.6 Å². The van der Waals surface area contributed by atoms with Crippen LogP contribution in [0, 0.1) is 5.82 Å². The van der Waals surface area contributed by atoms with Crippen molar-refractivity contribution in [2.24, 2.45) is 0 Å². The highest BCUT2D eigenvalue weighted by molar-refractivity contribution is 9.10. The molecule has 0 bridgehead atoms. The van der Waals surface area contributed by atoms with Crippen LogP contribution in [0.1, 0.15) is 24.0 Å². The third kappa shape index (κ3) is 3.43. The van der Waals surface area contributed by atoms with Crippen LogP contribution < -0.4 is 10.9 Å². The summed E-state index contributed by atoms with van der Waals surface area (Å²) in [6, 6.07) is 1.79. The average Bonchev–Trinajstić information content (AvgIpc) is 3.04. The van der Waals surface area contributed by atoms with E-state index in [9.17, 15) is 17.6 Å². The number of rotatable bonds is 4. The molecule has 0 atom stereocenters. The van der Waals surface area contributed by atoms with E-state index in [1.165, 1.54) is 0 Å². The summed E-state index contributed by atoms with van der Waals surface area (Å²) < 4.78 is 51.0. The summed E-state index contributed by atoms with van der Waals surface area (Å²) in [5.41, 5.74) is 4.93. The predicted molar refractivity (Wildman–Crippen MR) is 62.1 cm³/mol. The average molecular weight is 327 g/mol. The molecule has 0 saturated heterocycles. The second-order valence-electron chi connectivity index (χ2n) is 4.19. The molecule has 18 heavy (non-hydrogen) atoms. The molecule has 1 aliphatic rings. The minimum Gasteiger partial charge on any atom is -0.254 e. The molecule has 1 fully saturated rings. The lowest BCUT2D eigenvalue weighted by molar-refractivity contribution is -0.137. The van der Waals surface area contributed by atoms with Gasteiger partial charge in [0, 0.05) is 22.6 Å². The zero-order valence-corrected chi connectivity index (χ0v) is 10.8. The molecule has 100 valence electrons. The molecular weight excluding hydrogens is 316 g/mol. The van der Waals surface area contributed by atoms with Crippen LogP contribution in [0.25, 0.3) is 0 Å². The molecule has 0 spiro atoms. The van der Waals surface area contributed by atoms with Crippen molar-refractivity contribution in [1.82, 2.24) is 10.9 Å². The number of halogens is 5. The molecule has 0 aromatic heterocycles. The number of hydrogen-bond acceptors (Lipinski definition) is 2. The molecule has 7 heteroatoms. The fourth-order valence-corrected chi connectivity index (χ4v) is 2.02. The zero-order chi connectivity index (χ0) is 13.3. The van der Waals surface area contributed by atoms with Gasteiger partial charge in [0.15, 0.2) is 0 Å². The Morgan fingerprint density at radius 1 is 1.28 bits per heavy atom. The second-order valence-corrected chi connectivity index (χ2v) is 5.04. The molecule has 2 rings (SSSR count). The summed E-state index contributed by atoms with van der Waals surface area (Å²) >= 11 is 2.97. The van der Waals surface area contributed by atoms with E-state index in [2.05, 4.69) is 26.8 Å². The van der Waals surface area contributed by atoms with Crippen LogP contribution in [-0.4, -0.2) is 6.04 Å². The van der Waals surface area contributed by atoms with Crippen molar-refractivity contribution in [3.63, 3.8) is 0 Å². The van der Waals surface area contributed by atoms with Crippen LogP contribution in [0.15, 0.2) is 16.6 Å². The summed E-state index contributed by atoms with van der Waals surface area (Å²) in [4.78, 5) is 0. The number of hydrogen-bond donors (Lipinski definition) is 2. The molecule has 1 aliphatic carbocycles. The Hall–Kier alpha value is -0.660. The summed E-state index contributed by atoms with van der Waals surface area (Å²) in [7, 11) is 0. The molecule has 1 aromatic carbocycles. The lowest BCUT2D eigenvalue weighted by Crippen LogP contribution is -2.33. The first-order chi connectivity index (χ1) is 8.38. The Labute approximate surface area is 110 Å². The Bertz CT molecular complexity index is 420. The Kier molecular flexibility index (Phi) is 3.93. The van der Waals surface area contributed by atoms with Crippen molar-refractivity contribution >= 4 is 15.9 Å². The van der Waals surface area contributed by atoms with E-state index in [1.54, 1.807) is 0 Å². The van der Waals surface area contributed by atoms with Gasteiger partial charge in [-0.05, 0) is 25.0 Å². The van der Waals surface area contributed by atoms with E-state index in [-0.39, 0.29) is 16.6 Å². The van der Waals surface area contributed by atoms with E-state index >= 15 is 0 Å². The SMILES string of the molecule is Fc1cc(C(F)(F)F)cc(Br)c1CNNC1CC1. The summed E-state index contributed by atoms with van der Waals surface area (Å²) in [5.74, 6) is -0.873. The first-order valence-corrected chi connectivity index (χ1v) is 6.20. The van der Waals surface area contributed by atoms with E-state index < -0.39 is 17.6 Å². The fraction of sp³-hybridized carbons (Fsp3) is 0.455. The van der Waals surface area contributed by atoms with Crippen molar-refractivity contribution in [2.75, 3.05) is 0 Å². The molecule has 0 aliphatic heterocycles. The quantitative estimate of drug-likeness (QED) is 0.655. The van der Waals surface area contributed by atoms with E-state index in [0.717, 1.165) is 18.9 Å². The van der Waals surface area contributed by atoms with Gasteiger partial charge in [0.25, 0.3) is 0 Å². The first kappa shape index (κ1) is 13.8. The number of alkyl halides is 3. The summed E-state index contributed by atoms with van der Waals surface area (Å²) in [5, 5.41) is 0. The van der Waals surface area contributed by atoms with Crippen LogP contribution in [0.2, 0.25) is 0 Å². The molecule has 0 radical (unpaired) electrons. The maximum Gasteiger partial charge on any atom is 0.416 e. The molecule has 1 aromatic rings. The normalized spacial score (nSPS) is 16.1. The van der Waals surface area contributed by atoms with Gasteiger partial charge in [0.2, 0.25) is 0 Å². The Balaban J connectivity index is 2.10. The highest BCUT2D eigenvalue weighted by Gasteiger charge is 2.32. The van der Waals surface area contributed by atoms with E-state index in [1.807, 2.05) is 0 Å². The van der Waals surface area contributed by atoms with Gasteiger partial charge in [-0.15, -0.1) is 0 Å². The molecule has 2 N–H and O–H groups in total. The minimum atomic E-state index is -4.54. The van der Waals surface area contributed by atoms with Gasteiger partial charge in [-0.3, -0.25) is 10.9 Å². The number of hydrazine groups is 1. The van der Waals surface area contributed by atoms with Gasteiger partial charge in [-0.1, -0.05) is 15.9 Å². The van der Waals surface area contributed by atoms with Crippen LogP contribution in [0.3, 0.4) is 0 Å². The van der Waals surface area contributed by atoms with Gasteiger partial charge in [-0.2, -0.15) is 13.2 Å². The molecule has 0 heterocycles. The minimum absolute atomic E-state index is 0.111. The van der Waals surface area contributed by atoms with Gasteiger partial charge < -0.3 is 0 Å². The van der Waals surface area contributed by atoms with Crippen LogP contribution in [-0.2, 0) is 12.7 Å². The molecule has 1 saturated carbocycles. The standard InChI is InChI=1S/C11H11BrF4N2/c12-9-3-6(11(14,15)16)4-10(13)8(9)5-17-18-7-1-2-7/h3-4,7,17-18H,1-2,5H2. The molecule has 2 nitrogen and oxygen atoms in total. The molecule has 0 amide bonds. The highest BCUT2D eigenvalue weighted by atomic mass is 79.9. The number of benzene rings is 1. The third-order valence-corrected chi connectivity index (χ3v) is 3.32. The lowest BCUT2D eigenvalue weighted by Gasteiger charge is -2.12. The van der Waals surface area contributed by atoms with Gasteiger partial charge in [0.05, 0.1) is 5.56 Å². The fourth-order valence-electron chi connectivity index (χ4n) is 1.45. The predicted octanol–water partition coefficient (Wildman–Crippen LogP) is 3.36. The zero-order valence-electron chi connectivity index (χ0n) is 9.24. The van der Waals surface area contributed by atoms with E-state index in [4.69, 9.17) is 0 Å². The Morgan fingerprint density at radius 2 is 1.94 bits per heavy atom. The van der Waals surface area contributed by atoms with Crippen molar-refractivity contribution in [3.05, 3.63) is 33.5 Å².